The lowest BCUT2D eigenvalue weighted by molar-refractivity contribution is -0.917. The van der Waals surface area contributed by atoms with Gasteiger partial charge in [0.05, 0.1) is 33.9 Å². The first-order valence-corrected chi connectivity index (χ1v) is 7.09. The molecule has 0 aromatic rings. The van der Waals surface area contributed by atoms with Crippen LogP contribution in [0, 0.1) is 0 Å². The molecule has 0 N–H and O–H groups in total. The summed E-state index contributed by atoms with van der Waals surface area (Å²) in [5.41, 5.74) is 0. The van der Waals surface area contributed by atoms with Gasteiger partial charge in [0.15, 0.2) is 0 Å². The molecule has 0 radical (unpaired) electrons. The van der Waals surface area contributed by atoms with E-state index < -0.39 is 10.4 Å². The van der Waals surface area contributed by atoms with Gasteiger partial charge < -0.3 is 13.8 Å². The number of morpholine rings is 1. The second-order valence-corrected chi connectivity index (χ2v) is 5.48. The molecule has 0 aromatic heterocycles. The first kappa shape index (κ1) is 16.8. The van der Waals surface area contributed by atoms with E-state index in [1.54, 1.807) is 0 Å². The summed E-state index contributed by atoms with van der Waals surface area (Å²) < 4.78 is 37.6. The highest BCUT2D eigenvalue weighted by molar-refractivity contribution is 7.80. The van der Waals surface area contributed by atoms with Gasteiger partial charge in [0.2, 0.25) is 10.4 Å². The van der Waals surface area contributed by atoms with Gasteiger partial charge in [-0.2, -0.15) is 0 Å². The van der Waals surface area contributed by atoms with Gasteiger partial charge in [-0.1, -0.05) is 13.3 Å². The molecule has 0 amide bonds. The van der Waals surface area contributed by atoms with Crippen LogP contribution < -0.4 is 0 Å². The molecule has 104 valence electrons. The van der Waals surface area contributed by atoms with E-state index in [4.69, 9.17) is 4.74 Å². The number of likely N-dealkylation sites (N-methyl/N-ethyl adjacent to an activating group) is 1. The van der Waals surface area contributed by atoms with Gasteiger partial charge in [0.1, 0.15) is 13.1 Å². The molecular formula is C10H23NO5S. The van der Waals surface area contributed by atoms with Crippen molar-refractivity contribution in [3.05, 3.63) is 0 Å². The molecule has 17 heavy (non-hydrogen) atoms. The van der Waals surface area contributed by atoms with Crippen molar-refractivity contribution >= 4 is 10.4 Å². The Hall–Kier alpha value is -0.210. The zero-order valence-corrected chi connectivity index (χ0v) is 11.7. The number of rotatable bonds is 4. The second-order valence-electron chi connectivity index (χ2n) is 4.33. The quantitative estimate of drug-likeness (QED) is 0.418. The summed E-state index contributed by atoms with van der Waals surface area (Å²) in [4.78, 5) is 0. The fourth-order valence-electron chi connectivity index (χ4n) is 1.55. The summed E-state index contributed by atoms with van der Waals surface area (Å²) in [5, 5.41) is 0. The average Bonchev–Trinajstić information content (AvgIpc) is 2.27. The monoisotopic (exact) mass is 269 g/mol. The molecule has 1 aliphatic heterocycles. The third kappa shape index (κ3) is 9.49. The lowest BCUT2D eigenvalue weighted by Gasteiger charge is -2.37. The Kier molecular flexibility index (Phi) is 7.89. The first-order valence-electron chi connectivity index (χ1n) is 5.76. The summed E-state index contributed by atoms with van der Waals surface area (Å²) in [5.74, 6) is 0. The van der Waals surface area contributed by atoms with Crippen molar-refractivity contribution in [1.82, 2.24) is 0 Å². The molecule has 0 saturated carbocycles. The molecule has 6 nitrogen and oxygen atoms in total. The van der Waals surface area contributed by atoms with E-state index in [1.165, 1.54) is 37.0 Å². The number of hydrogen-bond acceptors (Lipinski definition) is 5. The highest BCUT2D eigenvalue weighted by Crippen LogP contribution is 2.08. The van der Waals surface area contributed by atoms with Crippen LogP contribution in [0.3, 0.4) is 0 Å². The summed E-state index contributed by atoms with van der Waals surface area (Å²) in [6.07, 6.45) is 2.67. The molecule has 0 unspecified atom stereocenters. The number of quaternary nitrogens is 1. The van der Waals surface area contributed by atoms with Gasteiger partial charge in [-0.15, -0.1) is 0 Å². The van der Waals surface area contributed by atoms with Crippen molar-refractivity contribution in [2.24, 2.45) is 0 Å². The number of nitrogens with zero attached hydrogens (tertiary/aromatic N) is 1. The average molecular weight is 269 g/mol. The molecule has 0 aromatic carbocycles. The van der Waals surface area contributed by atoms with E-state index in [2.05, 4.69) is 18.2 Å². The smallest absolute Gasteiger partial charge is 0.217 e. The maximum Gasteiger partial charge on any atom is 0.217 e. The van der Waals surface area contributed by atoms with Crippen LogP contribution in [-0.4, -0.2) is 64.5 Å². The molecular weight excluding hydrogens is 246 g/mol. The molecule has 0 bridgehead atoms. The molecule has 0 spiro atoms. The zero-order valence-electron chi connectivity index (χ0n) is 10.8. The molecule has 1 saturated heterocycles. The van der Waals surface area contributed by atoms with E-state index in [9.17, 15) is 13.0 Å². The third-order valence-electron chi connectivity index (χ3n) is 2.81. The maximum absolute atomic E-state index is 9.22. The highest BCUT2D eigenvalue weighted by Gasteiger charge is 2.23. The Morgan fingerprint density at radius 2 is 1.82 bits per heavy atom. The van der Waals surface area contributed by atoms with Crippen molar-refractivity contribution in [2.45, 2.75) is 19.8 Å². The normalized spacial score (nSPS) is 19.3. The maximum atomic E-state index is 9.22. The first-order chi connectivity index (χ1) is 7.83. The van der Waals surface area contributed by atoms with Crippen molar-refractivity contribution in [1.29, 1.82) is 0 Å². The van der Waals surface area contributed by atoms with Crippen LogP contribution in [0.5, 0.6) is 0 Å². The minimum absolute atomic E-state index is 0.808. The Labute approximate surface area is 104 Å². The molecule has 1 rings (SSSR count). The minimum atomic E-state index is -4.41. The second kappa shape index (κ2) is 7.99. The molecule has 0 aliphatic carbocycles. The van der Waals surface area contributed by atoms with E-state index in [0.717, 1.165) is 20.3 Å². The Morgan fingerprint density at radius 1 is 1.35 bits per heavy atom. The predicted molar refractivity (Wildman–Crippen MR) is 63.2 cm³/mol. The van der Waals surface area contributed by atoms with Crippen LogP contribution in [0.2, 0.25) is 0 Å². The van der Waals surface area contributed by atoms with E-state index in [0.29, 0.717) is 0 Å². The summed E-state index contributed by atoms with van der Waals surface area (Å²) in [6, 6.07) is 0. The third-order valence-corrected chi connectivity index (χ3v) is 3.21. The largest absolute Gasteiger partial charge is 0.726 e. The zero-order chi connectivity index (χ0) is 13.4. The van der Waals surface area contributed by atoms with Gasteiger partial charge >= 0.3 is 0 Å². The van der Waals surface area contributed by atoms with Crippen LogP contribution in [0.25, 0.3) is 0 Å². The van der Waals surface area contributed by atoms with Crippen molar-refractivity contribution < 1.29 is 26.4 Å². The van der Waals surface area contributed by atoms with Crippen LogP contribution in [0.1, 0.15) is 19.8 Å². The summed E-state index contributed by atoms with van der Waals surface area (Å²) >= 11 is 0. The standard InChI is InChI=1S/C9H20NO.CH4O4S/c1-3-4-5-10(2)6-8-11-9-7-10;1-5-6(2,3)4/h3-9H2,1-2H3;1H3,(H,2,3,4)/q+1;/p-1. The summed E-state index contributed by atoms with van der Waals surface area (Å²) in [7, 11) is -1.26. The molecule has 1 fully saturated rings. The molecule has 0 atom stereocenters. The van der Waals surface area contributed by atoms with Gasteiger partial charge in [-0.3, -0.25) is 4.18 Å². The minimum Gasteiger partial charge on any atom is -0.726 e. The molecule has 1 aliphatic rings. The lowest BCUT2D eigenvalue weighted by Crippen LogP contribution is -2.52. The van der Waals surface area contributed by atoms with Crippen molar-refractivity contribution in [2.75, 3.05) is 47.0 Å². The summed E-state index contributed by atoms with van der Waals surface area (Å²) in [6.45, 7) is 7.92. The molecule has 7 heteroatoms. The van der Waals surface area contributed by atoms with Gasteiger partial charge in [-0.25, -0.2) is 8.42 Å². The lowest BCUT2D eigenvalue weighted by atomic mass is 10.2. The number of ether oxygens (including phenoxy) is 1. The fourth-order valence-corrected chi connectivity index (χ4v) is 1.55. The van der Waals surface area contributed by atoms with Gasteiger partial charge in [0, 0.05) is 0 Å². The SMILES string of the molecule is CCCC[N+]1(C)CCOCC1.COS(=O)(=O)[O-]. The van der Waals surface area contributed by atoms with E-state index in [-0.39, 0.29) is 0 Å². The van der Waals surface area contributed by atoms with Gasteiger partial charge in [-0.05, 0) is 6.42 Å². The Bertz CT molecular complexity index is 285. The predicted octanol–water partition coefficient (Wildman–Crippen LogP) is 0.356. The van der Waals surface area contributed by atoms with Gasteiger partial charge in [0.25, 0.3) is 0 Å². The van der Waals surface area contributed by atoms with E-state index >= 15 is 0 Å². The number of unbranched alkanes of at least 4 members (excludes halogenated alkanes) is 1. The fraction of sp³-hybridized carbons (Fsp3) is 1.00. The van der Waals surface area contributed by atoms with E-state index in [1.807, 2.05) is 0 Å². The van der Waals surface area contributed by atoms with Crippen molar-refractivity contribution in [3.8, 4) is 0 Å². The number of hydrogen-bond donors (Lipinski definition) is 0. The van der Waals surface area contributed by atoms with Crippen LogP contribution in [0.4, 0.5) is 0 Å². The molecule has 1 heterocycles. The Balaban J connectivity index is 0.000000366. The van der Waals surface area contributed by atoms with Crippen molar-refractivity contribution in [3.63, 3.8) is 0 Å². The topological polar surface area (TPSA) is 75.7 Å². The Morgan fingerprint density at radius 3 is 2.18 bits per heavy atom. The van der Waals surface area contributed by atoms with Crippen LogP contribution in [-0.2, 0) is 19.3 Å². The van der Waals surface area contributed by atoms with Crippen LogP contribution in [0.15, 0.2) is 0 Å². The van der Waals surface area contributed by atoms with Crippen LogP contribution >= 0.6 is 0 Å². The highest BCUT2D eigenvalue weighted by atomic mass is 32.3.